The summed E-state index contributed by atoms with van der Waals surface area (Å²) >= 11 is 5.87. The van der Waals surface area contributed by atoms with Crippen LogP contribution in [0, 0.1) is 0 Å². The van der Waals surface area contributed by atoms with Gasteiger partial charge in [0.05, 0.1) is 24.4 Å². The Morgan fingerprint density at radius 1 is 1.31 bits per heavy atom. The minimum Gasteiger partial charge on any atom is -0.496 e. The first-order chi connectivity index (χ1) is 12.2. The average molecular weight is 389 g/mol. The summed E-state index contributed by atoms with van der Waals surface area (Å²) in [6.45, 7) is 0.211. The molecule has 0 spiro atoms. The molecule has 0 bridgehead atoms. The molecule has 0 saturated heterocycles. The van der Waals surface area contributed by atoms with Crippen LogP contribution in [-0.2, 0) is 0 Å². The van der Waals surface area contributed by atoms with E-state index in [4.69, 9.17) is 16.3 Å². The number of carbonyl (C=O) groups is 1. The number of halogens is 4. The van der Waals surface area contributed by atoms with E-state index in [9.17, 15) is 18.0 Å². The predicted octanol–water partition coefficient (Wildman–Crippen LogP) is 4.18. The number of amides is 1. The summed E-state index contributed by atoms with van der Waals surface area (Å²) in [6.07, 6.45) is -4.46. The summed E-state index contributed by atoms with van der Waals surface area (Å²) in [7, 11) is 1.41. The Hall–Kier alpha value is -2.48. The highest BCUT2D eigenvalue weighted by molar-refractivity contribution is 6.30. The summed E-state index contributed by atoms with van der Waals surface area (Å²) in [5.41, 5.74) is 0.624. The molecule has 1 atom stereocenters. The topological polar surface area (TPSA) is 60.5 Å². The van der Waals surface area contributed by atoms with Crippen molar-refractivity contribution in [1.82, 2.24) is 10.3 Å². The summed E-state index contributed by atoms with van der Waals surface area (Å²) in [5, 5.41) is 3.12. The summed E-state index contributed by atoms with van der Waals surface area (Å²) < 4.78 is 46.4. The highest BCUT2D eigenvalue weighted by Gasteiger charge is 2.28. The fourth-order valence-electron chi connectivity index (χ4n) is 2.11. The van der Waals surface area contributed by atoms with Gasteiger partial charge >= 0.3 is 6.18 Å². The maximum atomic E-state index is 12.4. The zero-order valence-corrected chi connectivity index (χ0v) is 14.7. The molecule has 26 heavy (non-hydrogen) atoms. The van der Waals surface area contributed by atoms with Crippen LogP contribution in [0.3, 0.4) is 0 Å². The van der Waals surface area contributed by atoms with E-state index in [1.54, 1.807) is 19.1 Å². The van der Waals surface area contributed by atoms with Gasteiger partial charge in [-0.3, -0.25) is 4.79 Å². The van der Waals surface area contributed by atoms with Gasteiger partial charge in [0, 0.05) is 11.1 Å². The number of alkyl halides is 3. The van der Waals surface area contributed by atoms with Crippen LogP contribution in [0.1, 0.15) is 29.0 Å². The minimum absolute atomic E-state index is 0.176. The van der Waals surface area contributed by atoms with Crippen molar-refractivity contribution in [2.24, 2.45) is 0 Å². The first-order valence-corrected chi connectivity index (χ1v) is 7.88. The number of aromatic nitrogens is 1. The van der Waals surface area contributed by atoms with Crippen LogP contribution in [0.4, 0.5) is 13.2 Å². The molecular weight excluding hydrogens is 373 g/mol. The number of methoxy groups -OCH3 is 1. The molecule has 0 radical (unpaired) electrons. The van der Waals surface area contributed by atoms with Crippen molar-refractivity contribution in [1.29, 1.82) is 0 Å². The third kappa shape index (κ3) is 5.52. The van der Waals surface area contributed by atoms with Crippen LogP contribution in [-0.4, -0.2) is 30.8 Å². The number of hydrogen-bond donors (Lipinski definition) is 1. The second-order valence-electron chi connectivity index (χ2n) is 5.34. The van der Waals surface area contributed by atoms with E-state index in [0.717, 1.165) is 0 Å². The Labute approximate surface area is 153 Å². The van der Waals surface area contributed by atoms with Gasteiger partial charge in [-0.25, -0.2) is 4.98 Å². The molecule has 2 aromatic rings. The zero-order chi connectivity index (χ0) is 19.3. The van der Waals surface area contributed by atoms with Crippen molar-refractivity contribution in [3.05, 3.63) is 52.7 Å². The molecule has 1 aromatic heterocycles. The van der Waals surface area contributed by atoms with Gasteiger partial charge in [-0.1, -0.05) is 17.7 Å². The molecule has 0 saturated carbocycles. The van der Waals surface area contributed by atoms with E-state index >= 15 is 0 Å². The molecule has 1 heterocycles. The molecule has 1 N–H and O–H groups in total. The highest BCUT2D eigenvalue weighted by Crippen LogP contribution is 2.24. The van der Waals surface area contributed by atoms with Gasteiger partial charge in [0.25, 0.3) is 5.91 Å². The Bertz CT molecular complexity index is 784. The van der Waals surface area contributed by atoms with Crippen LogP contribution in [0.25, 0.3) is 0 Å². The molecule has 0 aliphatic rings. The average Bonchev–Trinajstić information content (AvgIpc) is 2.59. The van der Waals surface area contributed by atoms with Gasteiger partial charge in [0.15, 0.2) is 6.61 Å². The third-order valence-corrected chi connectivity index (χ3v) is 3.56. The van der Waals surface area contributed by atoms with Crippen LogP contribution in [0.15, 0.2) is 36.4 Å². The van der Waals surface area contributed by atoms with Gasteiger partial charge in [-0.2, -0.15) is 13.2 Å². The normalized spacial score (nSPS) is 12.4. The number of rotatable bonds is 6. The molecule has 1 amide bonds. The van der Waals surface area contributed by atoms with Crippen LogP contribution in [0.5, 0.6) is 11.6 Å². The second-order valence-corrected chi connectivity index (χ2v) is 5.78. The number of carbonyl (C=O) groups excluding carboxylic acids is 1. The number of benzene rings is 1. The highest BCUT2D eigenvalue weighted by atomic mass is 35.5. The Balaban J connectivity index is 2.10. The summed E-state index contributed by atoms with van der Waals surface area (Å²) in [4.78, 5) is 16.4. The van der Waals surface area contributed by atoms with Crippen molar-refractivity contribution in [3.63, 3.8) is 0 Å². The fourth-order valence-corrected chi connectivity index (χ4v) is 2.27. The number of hydrogen-bond acceptors (Lipinski definition) is 4. The molecule has 5 nitrogen and oxygen atoms in total. The van der Waals surface area contributed by atoms with Crippen LogP contribution < -0.4 is 14.8 Å². The lowest BCUT2D eigenvalue weighted by Crippen LogP contribution is -2.27. The van der Waals surface area contributed by atoms with Crippen molar-refractivity contribution in [2.45, 2.75) is 19.1 Å². The SMILES string of the molecule is COc1cc(Cl)ccc1C(=O)NC(C)c1cccc(OCC(F)(F)F)n1. The Morgan fingerprint density at radius 3 is 2.69 bits per heavy atom. The van der Waals surface area contributed by atoms with Gasteiger partial charge in [0.2, 0.25) is 5.88 Å². The van der Waals surface area contributed by atoms with Gasteiger partial charge in [-0.05, 0) is 31.2 Å². The van der Waals surface area contributed by atoms with Crippen LogP contribution in [0.2, 0.25) is 5.02 Å². The minimum atomic E-state index is -4.46. The van der Waals surface area contributed by atoms with Gasteiger partial charge in [0.1, 0.15) is 5.75 Å². The maximum Gasteiger partial charge on any atom is 0.422 e. The van der Waals surface area contributed by atoms with E-state index in [-0.39, 0.29) is 11.4 Å². The molecule has 140 valence electrons. The summed E-state index contributed by atoms with van der Waals surface area (Å²) in [6, 6.07) is 8.38. The predicted molar refractivity (Wildman–Crippen MR) is 89.7 cm³/mol. The molecule has 0 aliphatic heterocycles. The lowest BCUT2D eigenvalue weighted by Gasteiger charge is -2.16. The largest absolute Gasteiger partial charge is 0.496 e. The Morgan fingerprint density at radius 2 is 2.04 bits per heavy atom. The number of ether oxygens (including phenoxy) is 2. The first kappa shape index (κ1) is 19.8. The van der Waals surface area contributed by atoms with Gasteiger partial charge < -0.3 is 14.8 Å². The smallest absolute Gasteiger partial charge is 0.422 e. The lowest BCUT2D eigenvalue weighted by molar-refractivity contribution is -0.154. The quantitative estimate of drug-likeness (QED) is 0.806. The summed E-state index contributed by atoms with van der Waals surface area (Å²) in [5.74, 6) is -0.308. The number of nitrogens with zero attached hydrogens (tertiary/aromatic N) is 1. The lowest BCUT2D eigenvalue weighted by atomic mass is 10.1. The van der Waals surface area contributed by atoms with E-state index in [2.05, 4.69) is 15.0 Å². The monoisotopic (exact) mass is 388 g/mol. The Kier molecular flexibility index (Phi) is 6.31. The number of pyridine rings is 1. The van der Waals surface area contributed by atoms with E-state index in [0.29, 0.717) is 16.5 Å². The van der Waals surface area contributed by atoms with Crippen molar-refractivity contribution in [2.75, 3.05) is 13.7 Å². The molecule has 0 aliphatic carbocycles. The van der Waals surface area contributed by atoms with Crippen LogP contribution >= 0.6 is 11.6 Å². The second kappa shape index (κ2) is 8.27. The standard InChI is InChI=1S/C17H16ClF3N2O3/c1-10(13-4-3-5-15(23-13)26-9-17(19,20)21)22-16(24)12-7-6-11(18)8-14(12)25-2/h3-8,10H,9H2,1-2H3,(H,22,24). The van der Waals surface area contributed by atoms with Crippen molar-refractivity contribution in [3.8, 4) is 11.6 Å². The van der Waals surface area contributed by atoms with Gasteiger partial charge in [-0.15, -0.1) is 0 Å². The van der Waals surface area contributed by atoms with E-state index in [1.165, 1.54) is 31.4 Å². The third-order valence-electron chi connectivity index (χ3n) is 3.33. The molecule has 2 rings (SSSR count). The maximum absolute atomic E-state index is 12.4. The van der Waals surface area contributed by atoms with Crippen molar-refractivity contribution >= 4 is 17.5 Å². The first-order valence-electron chi connectivity index (χ1n) is 7.50. The molecule has 9 heteroatoms. The fraction of sp³-hybridized carbons (Fsp3) is 0.294. The zero-order valence-electron chi connectivity index (χ0n) is 13.9. The molecule has 1 unspecified atom stereocenters. The van der Waals surface area contributed by atoms with E-state index < -0.39 is 24.7 Å². The molecule has 0 fully saturated rings. The molecule has 1 aromatic carbocycles. The number of nitrogens with one attached hydrogen (secondary N) is 1. The van der Waals surface area contributed by atoms with Crippen molar-refractivity contribution < 1.29 is 27.4 Å². The molecular formula is C17H16ClF3N2O3. The van der Waals surface area contributed by atoms with E-state index in [1.807, 2.05) is 0 Å².